The van der Waals surface area contributed by atoms with Gasteiger partial charge in [-0.15, -0.1) is 0 Å². The molecule has 0 bridgehead atoms. The summed E-state index contributed by atoms with van der Waals surface area (Å²) in [6.07, 6.45) is -2.26. The molecular formula is C26H59N6O2P4Se4-. The quantitative estimate of drug-likeness (QED) is 0.165. The zero-order valence-electron chi connectivity index (χ0n) is 29.4. The average Bonchev–Trinajstić information content (AvgIpc) is 2.54. The van der Waals surface area contributed by atoms with E-state index in [1.165, 1.54) is 0 Å². The summed E-state index contributed by atoms with van der Waals surface area (Å²) in [5.41, 5.74) is -0.728. The molecule has 42 heavy (non-hydrogen) atoms. The molecule has 0 spiro atoms. The fraction of sp³-hybridized carbons (Fsp3) is 1.00. The second-order valence-electron chi connectivity index (χ2n) is 17.2. The summed E-state index contributed by atoms with van der Waals surface area (Å²) < 4.78 is 29.7. The van der Waals surface area contributed by atoms with E-state index in [1.54, 1.807) is 0 Å². The van der Waals surface area contributed by atoms with Crippen LogP contribution < -0.4 is 5.09 Å². The normalized spacial score (nSPS) is 32.6. The van der Waals surface area contributed by atoms with E-state index in [1.807, 2.05) is 0 Å². The van der Waals surface area contributed by atoms with Crippen molar-refractivity contribution >= 4 is 86.1 Å². The Bertz CT molecular complexity index is 1260. The van der Waals surface area contributed by atoms with Crippen molar-refractivity contribution in [3.63, 3.8) is 0 Å². The third-order valence-corrected chi connectivity index (χ3v) is 40.6. The number of nitrogens with one attached hydrogen (secondary N) is 1. The summed E-state index contributed by atoms with van der Waals surface area (Å²) in [5.74, 6) is 0. The van der Waals surface area contributed by atoms with Gasteiger partial charge in [0.15, 0.2) is 0 Å². The predicted octanol–water partition coefficient (Wildman–Crippen LogP) is 8.25. The SMILES string of the molecule is CC(C)(C)N=P1([Se-])N(C(C)(C)C)P(=[Se])(OCCO[P@@]2([Se-])=[N+](C(C)(C)C)[P@@]([Se-])(NC(C)(C)C)=[N+]2C(C)(C)C)N1C(C)(C)C. The van der Waals surface area contributed by atoms with Gasteiger partial charge in [-0.25, -0.2) is 0 Å². The van der Waals surface area contributed by atoms with Crippen LogP contribution in [-0.2, 0) is 9.05 Å². The molecule has 2 rings (SSSR count). The Hall–Kier alpha value is 3.00. The van der Waals surface area contributed by atoms with E-state index in [4.69, 9.17) is 13.8 Å². The van der Waals surface area contributed by atoms with Crippen molar-refractivity contribution in [3.8, 4) is 0 Å². The van der Waals surface area contributed by atoms with E-state index < -0.39 is 24.2 Å². The van der Waals surface area contributed by atoms with Crippen molar-refractivity contribution in [1.29, 1.82) is 0 Å². The monoisotopic (exact) mass is 931 g/mol. The van der Waals surface area contributed by atoms with Crippen molar-refractivity contribution in [2.24, 2.45) is 4.74 Å². The van der Waals surface area contributed by atoms with Gasteiger partial charge in [-0.05, 0) is 0 Å². The summed E-state index contributed by atoms with van der Waals surface area (Å²) in [4.78, 5) is 0. The first-order chi connectivity index (χ1) is 18.1. The molecule has 2 aliphatic heterocycles. The van der Waals surface area contributed by atoms with Crippen LogP contribution in [0, 0.1) is 0 Å². The third-order valence-electron chi connectivity index (χ3n) is 5.88. The first-order valence-electron chi connectivity index (χ1n) is 14.6. The van der Waals surface area contributed by atoms with Crippen LogP contribution in [-0.4, -0.2) is 125 Å². The average molecular weight is 928 g/mol. The van der Waals surface area contributed by atoms with Crippen LogP contribution in [0.5, 0.6) is 0 Å². The van der Waals surface area contributed by atoms with Crippen LogP contribution in [0.4, 0.5) is 0 Å². The van der Waals surface area contributed by atoms with E-state index in [0.717, 1.165) is 0 Å². The summed E-state index contributed by atoms with van der Waals surface area (Å²) in [7, 11) is 0. The maximum absolute atomic E-state index is 6.99. The van der Waals surface area contributed by atoms with Crippen molar-refractivity contribution in [3.05, 3.63) is 0 Å². The molecule has 0 aliphatic carbocycles. The standard InChI is InChI=1S/C26H58N6O2P4Se4/c1-21(2,3)27-35(39)29(23(7,8)9)37(41,30(35)24(10,11)12)33-19-20-34-38(42)31(25(13,14)15)36(40,28-22(4,5)6)32(38)26(16,17)18/h19-20H2,1-18H3/q-2/p+1/t35-,36?,37+,38?. The van der Waals surface area contributed by atoms with Gasteiger partial charge in [0.25, 0.3) is 0 Å². The second kappa shape index (κ2) is 12.4. The Labute approximate surface area is 290 Å². The Morgan fingerprint density at radius 1 is 0.667 bits per heavy atom. The minimum atomic E-state index is -2.29. The van der Waals surface area contributed by atoms with E-state index in [9.17, 15) is 0 Å². The molecule has 1 N–H and O–H groups in total. The second-order valence-corrected chi connectivity index (χ2v) is 38.9. The van der Waals surface area contributed by atoms with Gasteiger partial charge < -0.3 is 0 Å². The van der Waals surface area contributed by atoms with Crippen LogP contribution in [0.25, 0.3) is 0 Å². The molecule has 0 amide bonds. The van der Waals surface area contributed by atoms with Gasteiger partial charge >= 0.3 is 293 Å². The van der Waals surface area contributed by atoms with E-state index in [0.29, 0.717) is 13.2 Å². The van der Waals surface area contributed by atoms with Crippen molar-refractivity contribution < 1.29 is 17.2 Å². The van der Waals surface area contributed by atoms with Crippen LogP contribution in [0.1, 0.15) is 125 Å². The fourth-order valence-electron chi connectivity index (χ4n) is 5.51. The molecular weight excluding hydrogens is 868 g/mol. The zero-order valence-corrected chi connectivity index (χ0v) is 39.8. The minimum absolute atomic E-state index is 0.0583. The molecule has 2 heterocycles. The molecule has 2 aliphatic rings. The molecule has 0 aromatic heterocycles. The van der Waals surface area contributed by atoms with Gasteiger partial charge in [0.2, 0.25) is 0 Å². The van der Waals surface area contributed by atoms with Gasteiger partial charge in [-0.2, -0.15) is 0 Å². The zero-order chi connectivity index (χ0) is 33.6. The Morgan fingerprint density at radius 3 is 1.36 bits per heavy atom. The molecule has 2 atom stereocenters. The van der Waals surface area contributed by atoms with Gasteiger partial charge in [-0.1, -0.05) is 0 Å². The molecule has 8 nitrogen and oxygen atoms in total. The molecule has 0 saturated carbocycles. The fourth-order valence-corrected chi connectivity index (χ4v) is 62.6. The molecule has 16 heteroatoms. The maximum atomic E-state index is 6.99. The number of hydrogen-bond donors (Lipinski definition) is 1. The van der Waals surface area contributed by atoms with Gasteiger partial charge in [-0.3, -0.25) is 0 Å². The Kier molecular flexibility index (Phi) is 12.2. The first-order valence-corrected chi connectivity index (χ1v) is 30.0. The summed E-state index contributed by atoms with van der Waals surface area (Å²) in [6.45, 7) is 41.6. The Morgan fingerprint density at radius 2 is 1.05 bits per heavy atom. The summed E-state index contributed by atoms with van der Waals surface area (Å²) in [6, 6.07) is -6.43. The van der Waals surface area contributed by atoms with Gasteiger partial charge in [0.1, 0.15) is 0 Å². The molecule has 0 radical (unpaired) electrons. The van der Waals surface area contributed by atoms with Crippen LogP contribution in [0.2, 0.25) is 0 Å². The molecule has 0 aromatic carbocycles. The topological polar surface area (TPSA) is 55.4 Å². The van der Waals surface area contributed by atoms with Crippen molar-refractivity contribution in [1.82, 2.24) is 14.0 Å². The van der Waals surface area contributed by atoms with E-state index in [-0.39, 0.29) is 33.2 Å². The molecule has 1 saturated heterocycles. The van der Waals surface area contributed by atoms with E-state index in [2.05, 4.69) is 209 Å². The molecule has 1 fully saturated rings. The first kappa shape index (κ1) is 41.2. The van der Waals surface area contributed by atoms with E-state index >= 15 is 0 Å². The number of rotatable bonds is 6. The van der Waals surface area contributed by atoms with Gasteiger partial charge in [0, 0.05) is 0 Å². The molecule has 0 unspecified atom stereocenters. The molecule has 0 aromatic rings. The van der Waals surface area contributed by atoms with Crippen molar-refractivity contribution in [2.45, 2.75) is 158 Å². The van der Waals surface area contributed by atoms with Crippen LogP contribution in [0.3, 0.4) is 0 Å². The van der Waals surface area contributed by atoms with Crippen LogP contribution in [0.15, 0.2) is 4.74 Å². The molecule has 250 valence electrons. The van der Waals surface area contributed by atoms with Crippen LogP contribution >= 0.6 is 24.2 Å². The summed E-state index contributed by atoms with van der Waals surface area (Å²) in [5, 5.41) is 3.99. The Balaban J connectivity index is 2.53. The van der Waals surface area contributed by atoms with Crippen molar-refractivity contribution in [2.75, 3.05) is 13.2 Å². The third kappa shape index (κ3) is 8.23. The number of hydrogen-bond acceptors (Lipinski definition) is 4. The summed E-state index contributed by atoms with van der Waals surface area (Å²) >= 11 is 14.4. The van der Waals surface area contributed by atoms with Gasteiger partial charge in [0.05, 0.1) is 0 Å². The number of nitrogens with zero attached hydrogens (tertiary/aromatic N) is 5. The predicted molar refractivity (Wildman–Crippen MR) is 191 cm³/mol.